The SMILES string of the molecule is O=C(NC1CCCN(c2cccnn2)C1)c1cc(F)ccc1I. The lowest BCUT2D eigenvalue weighted by Crippen LogP contribution is -2.48. The van der Waals surface area contributed by atoms with E-state index in [1.165, 1.54) is 12.1 Å². The van der Waals surface area contributed by atoms with Crippen LogP contribution in [0.4, 0.5) is 10.2 Å². The van der Waals surface area contributed by atoms with Crippen LogP contribution in [-0.4, -0.2) is 35.2 Å². The van der Waals surface area contributed by atoms with Crippen molar-refractivity contribution in [3.05, 3.63) is 51.5 Å². The molecule has 5 nitrogen and oxygen atoms in total. The largest absolute Gasteiger partial charge is 0.353 e. The van der Waals surface area contributed by atoms with E-state index in [-0.39, 0.29) is 11.9 Å². The maximum absolute atomic E-state index is 13.4. The van der Waals surface area contributed by atoms with Gasteiger partial charge in [-0.2, -0.15) is 5.10 Å². The molecule has 120 valence electrons. The summed E-state index contributed by atoms with van der Waals surface area (Å²) in [5, 5.41) is 11.0. The summed E-state index contributed by atoms with van der Waals surface area (Å²) in [4.78, 5) is 14.5. The minimum atomic E-state index is -0.402. The molecule has 2 aromatic rings. The van der Waals surface area contributed by atoms with Crippen molar-refractivity contribution in [1.82, 2.24) is 15.5 Å². The van der Waals surface area contributed by atoms with Crippen molar-refractivity contribution < 1.29 is 9.18 Å². The third-order valence-electron chi connectivity index (χ3n) is 3.81. The van der Waals surface area contributed by atoms with Crippen LogP contribution >= 0.6 is 22.6 Å². The molecule has 3 rings (SSSR count). The average molecular weight is 426 g/mol. The molecule has 0 bridgehead atoms. The van der Waals surface area contributed by atoms with E-state index in [1.54, 1.807) is 12.3 Å². The van der Waals surface area contributed by atoms with Gasteiger partial charge in [0.2, 0.25) is 0 Å². The van der Waals surface area contributed by atoms with Gasteiger partial charge in [0, 0.05) is 28.9 Å². The number of hydrogen-bond donors (Lipinski definition) is 1. The Kier molecular flexibility index (Phi) is 5.04. The first-order chi connectivity index (χ1) is 11.1. The van der Waals surface area contributed by atoms with Crippen molar-refractivity contribution >= 4 is 34.3 Å². The topological polar surface area (TPSA) is 58.1 Å². The number of benzene rings is 1. The fourth-order valence-electron chi connectivity index (χ4n) is 2.70. The number of piperidine rings is 1. The smallest absolute Gasteiger partial charge is 0.252 e. The van der Waals surface area contributed by atoms with Crippen LogP contribution < -0.4 is 10.2 Å². The highest BCUT2D eigenvalue weighted by atomic mass is 127. The minimum Gasteiger partial charge on any atom is -0.353 e. The Morgan fingerprint density at radius 1 is 1.39 bits per heavy atom. The fraction of sp³-hybridized carbons (Fsp3) is 0.312. The van der Waals surface area contributed by atoms with Gasteiger partial charge in [-0.1, -0.05) is 0 Å². The summed E-state index contributed by atoms with van der Waals surface area (Å²) in [7, 11) is 0. The van der Waals surface area contributed by atoms with Crippen molar-refractivity contribution in [3.63, 3.8) is 0 Å². The Bertz CT molecular complexity index is 698. The summed E-state index contributed by atoms with van der Waals surface area (Å²) in [6.45, 7) is 1.57. The highest BCUT2D eigenvalue weighted by molar-refractivity contribution is 14.1. The van der Waals surface area contributed by atoms with Crippen LogP contribution in [0.15, 0.2) is 36.5 Å². The van der Waals surface area contributed by atoms with Crippen molar-refractivity contribution in [3.8, 4) is 0 Å². The number of halogens is 2. The van der Waals surface area contributed by atoms with E-state index >= 15 is 0 Å². The molecular weight excluding hydrogens is 410 g/mol. The summed E-state index contributed by atoms with van der Waals surface area (Å²) >= 11 is 2.04. The summed E-state index contributed by atoms with van der Waals surface area (Å²) in [6.07, 6.45) is 3.49. The lowest BCUT2D eigenvalue weighted by atomic mass is 10.0. The highest BCUT2D eigenvalue weighted by Crippen LogP contribution is 2.18. The third kappa shape index (κ3) is 3.95. The van der Waals surface area contributed by atoms with Gasteiger partial charge >= 0.3 is 0 Å². The van der Waals surface area contributed by atoms with Crippen LogP contribution in [0.2, 0.25) is 0 Å². The Morgan fingerprint density at radius 3 is 3.04 bits per heavy atom. The number of aromatic nitrogens is 2. The molecule has 0 spiro atoms. The molecule has 1 N–H and O–H groups in total. The van der Waals surface area contributed by atoms with Crippen LogP contribution in [0.3, 0.4) is 0 Å². The number of nitrogens with one attached hydrogen (secondary N) is 1. The van der Waals surface area contributed by atoms with E-state index in [0.29, 0.717) is 12.1 Å². The molecular formula is C16H16FIN4O. The first-order valence-electron chi connectivity index (χ1n) is 7.42. The Morgan fingerprint density at radius 2 is 2.26 bits per heavy atom. The average Bonchev–Trinajstić information content (AvgIpc) is 2.58. The van der Waals surface area contributed by atoms with Gasteiger partial charge in [-0.3, -0.25) is 4.79 Å². The number of nitrogens with zero attached hydrogens (tertiary/aromatic N) is 3. The maximum Gasteiger partial charge on any atom is 0.252 e. The minimum absolute atomic E-state index is 0.0114. The third-order valence-corrected chi connectivity index (χ3v) is 4.75. The number of rotatable bonds is 3. The number of hydrogen-bond acceptors (Lipinski definition) is 4. The lowest BCUT2D eigenvalue weighted by Gasteiger charge is -2.33. The predicted octanol–water partition coefficient (Wildman–Crippen LogP) is 2.62. The van der Waals surface area contributed by atoms with Crippen molar-refractivity contribution in [2.24, 2.45) is 0 Å². The Labute approximate surface area is 147 Å². The molecule has 1 aromatic carbocycles. The second kappa shape index (κ2) is 7.20. The molecule has 1 unspecified atom stereocenters. The summed E-state index contributed by atoms with van der Waals surface area (Å²) in [5.74, 6) is 0.173. The Hall–Kier alpha value is -1.77. The highest BCUT2D eigenvalue weighted by Gasteiger charge is 2.23. The van der Waals surface area contributed by atoms with Gasteiger partial charge in [0.25, 0.3) is 5.91 Å². The first kappa shape index (κ1) is 16.1. The molecule has 0 saturated carbocycles. The monoisotopic (exact) mass is 426 g/mol. The summed E-state index contributed by atoms with van der Waals surface area (Å²) < 4.78 is 14.1. The van der Waals surface area contributed by atoms with Crippen LogP contribution in [0, 0.1) is 9.39 Å². The zero-order valence-corrected chi connectivity index (χ0v) is 14.5. The first-order valence-corrected chi connectivity index (χ1v) is 8.50. The van der Waals surface area contributed by atoms with E-state index in [0.717, 1.165) is 28.8 Å². The van der Waals surface area contributed by atoms with E-state index < -0.39 is 5.82 Å². The van der Waals surface area contributed by atoms with E-state index in [9.17, 15) is 9.18 Å². The zero-order chi connectivity index (χ0) is 16.2. The van der Waals surface area contributed by atoms with Gasteiger partial charge in [0.1, 0.15) is 5.82 Å². The van der Waals surface area contributed by atoms with Gasteiger partial charge < -0.3 is 10.2 Å². The van der Waals surface area contributed by atoms with Gasteiger partial charge in [-0.15, -0.1) is 5.10 Å². The van der Waals surface area contributed by atoms with Crippen LogP contribution in [0.5, 0.6) is 0 Å². The van der Waals surface area contributed by atoms with E-state index in [2.05, 4.69) is 20.4 Å². The molecule has 1 fully saturated rings. The number of amides is 1. The molecule has 1 saturated heterocycles. The quantitative estimate of drug-likeness (QED) is 0.767. The lowest BCUT2D eigenvalue weighted by molar-refractivity contribution is 0.0931. The summed E-state index contributed by atoms with van der Waals surface area (Å²) in [5.41, 5.74) is 0.377. The normalized spacial score (nSPS) is 17.8. The molecule has 1 aromatic heterocycles. The van der Waals surface area contributed by atoms with Crippen molar-refractivity contribution in [2.45, 2.75) is 18.9 Å². The Balaban J connectivity index is 1.68. The van der Waals surface area contributed by atoms with Crippen molar-refractivity contribution in [1.29, 1.82) is 0 Å². The summed E-state index contributed by atoms with van der Waals surface area (Å²) in [6, 6.07) is 8.01. The molecule has 1 atom stereocenters. The van der Waals surface area contributed by atoms with Gasteiger partial charge in [-0.25, -0.2) is 4.39 Å². The zero-order valence-electron chi connectivity index (χ0n) is 12.4. The van der Waals surface area contributed by atoms with Crippen molar-refractivity contribution in [2.75, 3.05) is 18.0 Å². The van der Waals surface area contributed by atoms with Crippen LogP contribution in [0.25, 0.3) is 0 Å². The molecule has 23 heavy (non-hydrogen) atoms. The number of carbonyl (C=O) groups excluding carboxylic acids is 1. The molecule has 7 heteroatoms. The maximum atomic E-state index is 13.4. The number of anilines is 1. The second-order valence-electron chi connectivity index (χ2n) is 5.46. The van der Waals surface area contributed by atoms with Crippen LogP contribution in [0.1, 0.15) is 23.2 Å². The van der Waals surface area contributed by atoms with Crippen LogP contribution in [-0.2, 0) is 0 Å². The molecule has 1 aliphatic heterocycles. The molecule has 1 amide bonds. The van der Waals surface area contributed by atoms with E-state index in [1.807, 2.05) is 34.7 Å². The fourth-order valence-corrected chi connectivity index (χ4v) is 3.28. The van der Waals surface area contributed by atoms with E-state index in [4.69, 9.17) is 0 Å². The van der Waals surface area contributed by atoms with Gasteiger partial charge in [-0.05, 0) is 65.8 Å². The molecule has 0 radical (unpaired) electrons. The van der Waals surface area contributed by atoms with Gasteiger partial charge in [0.15, 0.2) is 5.82 Å². The predicted molar refractivity (Wildman–Crippen MR) is 93.9 cm³/mol. The second-order valence-corrected chi connectivity index (χ2v) is 6.63. The molecule has 2 heterocycles. The molecule has 0 aliphatic carbocycles. The molecule has 1 aliphatic rings. The van der Waals surface area contributed by atoms with Gasteiger partial charge in [0.05, 0.1) is 5.56 Å². The standard InChI is InChI=1S/C16H16FIN4O/c17-11-5-6-14(18)13(9-11)16(23)20-12-3-2-8-22(10-12)15-4-1-7-19-21-15/h1,4-7,9,12H,2-3,8,10H2,(H,20,23). The number of carbonyl (C=O) groups is 1.